The van der Waals surface area contributed by atoms with Crippen molar-refractivity contribution >= 4 is 17.3 Å². The van der Waals surface area contributed by atoms with Crippen molar-refractivity contribution in [1.82, 2.24) is 0 Å². The van der Waals surface area contributed by atoms with Gasteiger partial charge in [0.1, 0.15) is 11.5 Å². The molecule has 0 atom stereocenters. The van der Waals surface area contributed by atoms with Crippen LogP contribution >= 0.6 is 11.6 Å². The van der Waals surface area contributed by atoms with E-state index in [9.17, 15) is 0 Å². The Morgan fingerprint density at radius 1 is 1.25 bits per heavy atom. The van der Waals surface area contributed by atoms with Crippen LogP contribution < -0.4 is 14.8 Å². The molecule has 1 rings (SSSR count). The smallest absolute Gasteiger partial charge is 0.143 e. The zero-order chi connectivity index (χ0) is 12.0. The Labute approximate surface area is 101 Å². The van der Waals surface area contributed by atoms with Crippen LogP contribution in [0.25, 0.3) is 0 Å². The van der Waals surface area contributed by atoms with E-state index in [4.69, 9.17) is 21.1 Å². The van der Waals surface area contributed by atoms with Crippen LogP contribution in [-0.4, -0.2) is 20.8 Å². The number of methoxy groups -OCH3 is 2. The van der Waals surface area contributed by atoms with Gasteiger partial charge < -0.3 is 14.8 Å². The Balaban J connectivity index is 2.98. The number of rotatable bonds is 4. The molecule has 16 heavy (non-hydrogen) atoms. The van der Waals surface area contributed by atoms with Crippen molar-refractivity contribution in [2.75, 3.05) is 26.1 Å². The van der Waals surface area contributed by atoms with Crippen molar-refractivity contribution in [2.45, 2.75) is 6.92 Å². The predicted octanol–water partition coefficient (Wildman–Crippen LogP) is 2.79. The van der Waals surface area contributed by atoms with E-state index < -0.39 is 0 Å². The molecule has 0 aliphatic rings. The van der Waals surface area contributed by atoms with Crippen LogP contribution in [0.1, 0.15) is 6.92 Å². The molecule has 0 fully saturated rings. The maximum absolute atomic E-state index is 5.98. The molecule has 4 heteroatoms. The van der Waals surface area contributed by atoms with E-state index in [1.165, 1.54) is 0 Å². The average Bonchev–Trinajstić information content (AvgIpc) is 2.30. The second kappa shape index (κ2) is 6.14. The van der Waals surface area contributed by atoms with E-state index >= 15 is 0 Å². The Morgan fingerprint density at radius 2 is 1.94 bits per heavy atom. The van der Waals surface area contributed by atoms with Gasteiger partial charge in [-0.2, -0.15) is 0 Å². The lowest BCUT2D eigenvalue weighted by Crippen LogP contribution is -2.01. The van der Waals surface area contributed by atoms with Crippen LogP contribution in [0.4, 0.5) is 5.69 Å². The molecule has 0 saturated heterocycles. The lowest BCUT2D eigenvalue weighted by atomic mass is 10.2. The zero-order valence-electron chi connectivity index (χ0n) is 9.56. The van der Waals surface area contributed by atoms with Gasteiger partial charge in [0.15, 0.2) is 0 Å². The molecule has 86 valence electrons. The normalized spacial score (nSPS) is 9.00. The van der Waals surface area contributed by atoms with Gasteiger partial charge in [0.05, 0.1) is 31.5 Å². The number of hydrogen-bond acceptors (Lipinski definition) is 3. The number of halogens is 1. The molecule has 1 aromatic rings. The van der Waals surface area contributed by atoms with Crippen molar-refractivity contribution in [3.8, 4) is 23.3 Å². The first-order chi connectivity index (χ1) is 7.72. The summed E-state index contributed by atoms with van der Waals surface area (Å²) in [7, 11) is 3.16. The van der Waals surface area contributed by atoms with E-state index in [1.807, 2.05) is 0 Å². The molecule has 1 aromatic carbocycles. The standard InChI is InChI=1S/C12H14ClNO2/c1-4-5-6-14-10-8-11(15-2)9(13)7-12(10)16-3/h7-8,14H,6H2,1-3H3. The number of nitrogens with one attached hydrogen (secondary N) is 1. The van der Waals surface area contributed by atoms with Gasteiger partial charge in [-0.05, 0) is 6.92 Å². The molecule has 0 spiro atoms. The zero-order valence-corrected chi connectivity index (χ0v) is 10.3. The fraction of sp³-hybridized carbons (Fsp3) is 0.333. The summed E-state index contributed by atoms with van der Waals surface area (Å²) in [6.07, 6.45) is 0. The average molecular weight is 240 g/mol. The minimum absolute atomic E-state index is 0.520. The topological polar surface area (TPSA) is 30.5 Å². The van der Waals surface area contributed by atoms with Gasteiger partial charge in [-0.3, -0.25) is 0 Å². The number of hydrogen-bond donors (Lipinski definition) is 1. The van der Waals surface area contributed by atoms with Crippen molar-refractivity contribution in [1.29, 1.82) is 0 Å². The SMILES string of the molecule is CC#CCNc1cc(OC)c(Cl)cc1OC. The largest absolute Gasteiger partial charge is 0.495 e. The molecule has 0 aromatic heterocycles. The van der Waals surface area contributed by atoms with Gasteiger partial charge in [0.2, 0.25) is 0 Å². The van der Waals surface area contributed by atoms with Gasteiger partial charge in [-0.1, -0.05) is 17.5 Å². The van der Waals surface area contributed by atoms with Crippen molar-refractivity contribution in [3.05, 3.63) is 17.2 Å². The summed E-state index contributed by atoms with van der Waals surface area (Å²) in [4.78, 5) is 0. The van der Waals surface area contributed by atoms with Crippen molar-refractivity contribution in [2.24, 2.45) is 0 Å². The molecule has 0 radical (unpaired) electrons. The summed E-state index contributed by atoms with van der Waals surface area (Å²) in [5.74, 6) is 6.99. The lowest BCUT2D eigenvalue weighted by Gasteiger charge is -2.12. The molecule has 0 heterocycles. The quantitative estimate of drug-likeness (QED) is 0.820. The lowest BCUT2D eigenvalue weighted by molar-refractivity contribution is 0.405. The molecular weight excluding hydrogens is 226 g/mol. The number of benzene rings is 1. The molecule has 0 aliphatic heterocycles. The molecular formula is C12H14ClNO2. The second-order valence-corrected chi connectivity index (χ2v) is 3.37. The van der Waals surface area contributed by atoms with Crippen molar-refractivity contribution < 1.29 is 9.47 Å². The highest BCUT2D eigenvalue weighted by Crippen LogP contribution is 2.35. The summed E-state index contributed by atoms with van der Waals surface area (Å²) in [5, 5.41) is 3.65. The second-order valence-electron chi connectivity index (χ2n) is 2.97. The summed E-state index contributed by atoms with van der Waals surface area (Å²) in [6, 6.07) is 3.50. The van der Waals surface area contributed by atoms with Gasteiger partial charge in [-0.15, -0.1) is 5.92 Å². The van der Waals surface area contributed by atoms with Crippen LogP contribution in [0.5, 0.6) is 11.5 Å². The van der Waals surface area contributed by atoms with Gasteiger partial charge in [0, 0.05) is 12.1 Å². The van der Waals surface area contributed by atoms with Crippen LogP contribution in [-0.2, 0) is 0 Å². The van der Waals surface area contributed by atoms with E-state index in [0.717, 1.165) is 5.69 Å². The summed E-state index contributed by atoms with van der Waals surface area (Å²) >= 11 is 5.98. The number of anilines is 1. The highest BCUT2D eigenvalue weighted by molar-refractivity contribution is 6.32. The van der Waals surface area contributed by atoms with Gasteiger partial charge in [-0.25, -0.2) is 0 Å². The summed E-state index contributed by atoms with van der Waals surface area (Å²) in [5.41, 5.74) is 0.812. The van der Waals surface area contributed by atoms with E-state index in [0.29, 0.717) is 23.1 Å². The summed E-state index contributed by atoms with van der Waals surface area (Å²) < 4.78 is 10.3. The van der Waals surface area contributed by atoms with Crippen molar-refractivity contribution in [3.63, 3.8) is 0 Å². The minimum Gasteiger partial charge on any atom is -0.495 e. The molecule has 0 amide bonds. The molecule has 0 saturated carbocycles. The minimum atomic E-state index is 0.520. The third-order valence-electron chi connectivity index (χ3n) is 2.02. The molecule has 3 nitrogen and oxygen atoms in total. The fourth-order valence-corrected chi connectivity index (χ4v) is 1.46. The van der Waals surface area contributed by atoms with E-state index in [-0.39, 0.29) is 0 Å². The predicted molar refractivity (Wildman–Crippen MR) is 66.5 cm³/mol. The van der Waals surface area contributed by atoms with E-state index in [2.05, 4.69) is 17.2 Å². The Hall–Kier alpha value is -1.53. The maximum atomic E-state index is 5.98. The van der Waals surface area contributed by atoms with Crippen LogP contribution in [0.2, 0.25) is 5.02 Å². The first-order valence-corrected chi connectivity index (χ1v) is 5.15. The maximum Gasteiger partial charge on any atom is 0.143 e. The number of ether oxygens (including phenoxy) is 2. The van der Waals surface area contributed by atoms with Gasteiger partial charge in [0.25, 0.3) is 0 Å². The first kappa shape index (κ1) is 12.5. The first-order valence-electron chi connectivity index (χ1n) is 4.78. The third-order valence-corrected chi connectivity index (χ3v) is 2.31. The Morgan fingerprint density at radius 3 is 2.50 bits per heavy atom. The van der Waals surface area contributed by atoms with Crippen LogP contribution in [0.3, 0.4) is 0 Å². The molecule has 0 unspecified atom stereocenters. The molecule has 1 N–H and O–H groups in total. The monoisotopic (exact) mass is 239 g/mol. The third kappa shape index (κ3) is 2.98. The molecule has 0 bridgehead atoms. The Bertz CT molecular complexity index is 421. The van der Waals surface area contributed by atoms with Gasteiger partial charge >= 0.3 is 0 Å². The van der Waals surface area contributed by atoms with Crippen LogP contribution in [0.15, 0.2) is 12.1 Å². The van der Waals surface area contributed by atoms with Crippen LogP contribution in [0, 0.1) is 11.8 Å². The molecule has 0 aliphatic carbocycles. The van der Waals surface area contributed by atoms with E-state index in [1.54, 1.807) is 33.3 Å². The fourth-order valence-electron chi connectivity index (χ4n) is 1.23. The highest BCUT2D eigenvalue weighted by atomic mass is 35.5. The highest BCUT2D eigenvalue weighted by Gasteiger charge is 2.08. The summed E-state index contributed by atoms with van der Waals surface area (Å²) in [6.45, 7) is 2.35. The Kier molecular flexibility index (Phi) is 4.81.